The molecule has 0 aliphatic heterocycles. The Labute approximate surface area is 121 Å². The number of hydrogen-bond acceptors (Lipinski definition) is 3. The Bertz CT molecular complexity index is 459. The van der Waals surface area contributed by atoms with Gasteiger partial charge in [-0.1, -0.05) is 28.8 Å². The maximum Gasteiger partial charge on any atom is 0.255 e. The standard InChI is InChI=1S/C14H19BrN2O2/c15-10-5-6-13(18)11(7-10)14(19)17-12(8-16)9-3-1-2-4-9/h5-7,9,12,18H,1-4,8,16H2,(H,17,19). The number of phenols is 1. The summed E-state index contributed by atoms with van der Waals surface area (Å²) in [5.41, 5.74) is 6.04. The van der Waals surface area contributed by atoms with E-state index in [1.807, 2.05) is 0 Å². The molecule has 19 heavy (non-hydrogen) atoms. The zero-order valence-electron chi connectivity index (χ0n) is 10.7. The van der Waals surface area contributed by atoms with Crippen LogP contribution in [-0.4, -0.2) is 23.6 Å². The first-order chi connectivity index (χ1) is 9.11. The zero-order chi connectivity index (χ0) is 13.8. The summed E-state index contributed by atoms with van der Waals surface area (Å²) in [5, 5.41) is 12.7. The van der Waals surface area contributed by atoms with Gasteiger partial charge in [0, 0.05) is 17.1 Å². The van der Waals surface area contributed by atoms with Crippen LogP contribution in [0.15, 0.2) is 22.7 Å². The summed E-state index contributed by atoms with van der Waals surface area (Å²) in [4.78, 5) is 12.2. The Morgan fingerprint density at radius 2 is 2.16 bits per heavy atom. The van der Waals surface area contributed by atoms with Crippen LogP contribution in [0.2, 0.25) is 0 Å². The van der Waals surface area contributed by atoms with Gasteiger partial charge in [0.15, 0.2) is 0 Å². The first-order valence-electron chi connectivity index (χ1n) is 6.61. The number of hydrogen-bond donors (Lipinski definition) is 3. The van der Waals surface area contributed by atoms with Crippen molar-refractivity contribution in [2.75, 3.05) is 6.54 Å². The van der Waals surface area contributed by atoms with E-state index in [2.05, 4.69) is 21.2 Å². The predicted octanol–water partition coefficient (Wildman–Crippen LogP) is 2.40. The van der Waals surface area contributed by atoms with E-state index in [1.54, 1.807) is 12.1 Å². The quantitative estimate of drug-likeness (QED) is 0.795. The first-order valence-corrected chi connectivity index (χ1v) is 7.40. The average molecular weight is 327 g/mol. The molecule has 104 valence electrons. The van der Waals surface area contributed by atoms with Gasteiger partial charge in [-0.15, -0.1) is 0 Å². The monoisotopic (exact) mass is 326 g/mol. The molecule has 4 nitrogen and oxygen atoms in total. The number of phenolic OH excluding ortho intramolecular Hbond substituents is 1. The zero-order valence-corrected chi connectivity index (χ0v) is 12.3. The van der Waals surface area contributed by atoms with Crippen LogP contribution in [0.4, 0.5) is 0 Å². The summed E-state index contributed by atoms with van der Waals surface area (Å²) < 4.78 is 0.764. The van der Waals surface area contributed by atoms with Gasteiger partial charge in [0.05, 0.1) is 5.56 Å². The Morgan fingerprint density at radius 3 is 2.79 bits per heavy atom. The fourth-order valence-corrected chi connectivity index (χ4v) is 3.03. The SMILES string of the molecule is NCC(NC(=O)c1cc(Br)ccc1O)C1CCCC1. The molecule has 2 rings (SSSR count). The van der Waals surface area contributed by atoms with Crippen LogP contribution in [0.25, 0.3) is 0 Å². The number of amides is 1. The normalized spacial score (nSPS) is 17.4. The highest BCUT2D eigenvalue weighted by molar-refractivity contribution is 9.10. The van der Waals surface area contributed by atoms with E-state index in [0.717, 1.165) is 17.3 Å². The minimum atomic E-state index is -0.263. The van der Waals surface area contributed by atoms with Crippen molar-refractivity contribution in [2.45, 2.75) is 31.7 Å². The van der Waals surface area contributed by atoms with Crippen molar-refractivity contribution < 1.29 is 9.90 Å². The minimum absolute atomic E-state index is 0.00613. The summed E-state index contributed by atoms with van der Waals surface area (Å²) in [6.45, 7) is 0.436. The van der Waals surface area contributed by atoms with Gasteiger partial charge >= 0.3 is 0 Å². The molecule has 0 aromatic heterocycles. The maximum atomic E-state index is 12.2. The number of nitrogens with two attached hydrogens (primary N) is 1. The third kappa shape index (κ3) is 3.48. The molecule has 0 spiro atoms. The summed E-state index contributed by atoms with van der Waals surface area (Å²) in [6.07, 6.45) is 4.65. The van der Waals surface area contributed by atoms with Gasteiger partial charge in [-0.3, -0.25) is 4.79 Å². The largest absolute Gasteiger partial charge is 0.507 e. The van der Waals surface area contributed by atoms with E-state index in [1.165, 1.54) is 18.9 Å². The van der Waals surface area contributed by atoms with Crippen molar-refractivity contribution in [1.29, 1.82) is 0 Å². The molecule has 0 bridgehead atoms. The molecule has 4 N–H and O–H groups in total. The smallest absolute Gasteiger partial charge is 0.255 e. The van der Waals surface area contributed by atoms with Gasteiger partial charge in [0.1, 0.15) is 5.75 Å². The molecule has 1 atom stereocenters. The minimum Gasteiger partial charge on any atom is -0.507 e. The highest BCUT2D eigenvalue weighted by Crippen LogP contribution is 2.28. The number of carbonyl (C=O) groups excluding carboxylic acids is 1. The van der Waals surface area contributed by atoms with Crippen LogP contribution >= 0.6 is 15.9 Å². The number of rotatable bonds is 4. The van der Waals surface area contributed by atoms with E-state index >= 15 is 0 Å². The Kier molecular flexibility index (Phi) is 4.82. The Balaban J connectivity index is 2.08. The number of carbonyl (C=O) groups is 1. The number of benzene rings is 1. The van der Waals surface area contributed by atoms with Gasteiger partial charge in [-0.25, -0.2) is 0 Å². The second kappa shape index (κ2) is 6.39. The molecule has 0 heterocycles. The van der Waals surface area contributed by atoms with Crippen LogP contribution < -0.4 is 11.1 Å². The molecule has 1 aliphatic rings. The van der Waals surface area contributed by atoms with Gasteiger partial charge in [0.2, 0.25) is 0 Å². The third-order valence-corrected chi connectivity index (χ3v) is 4.24. The summed E-state index contributed by atoms with van der Waals surface area (Å²) in [7, 11) is 0. The molecular formula is C14H19BrN2O2. The fourth-order valence-electron chi connectivity index (χ4n) is 2.67. The molecule has 0 saturated heterocycles. The lowest BCUT2D eigenvalue weighted by molar-refractivity contribution is 0.0921. The van der Waals surface area contributed by atoms with Crippen molar-refractivity contribution in [3.05, 3.63) is 28.2 Å². The number of nitrogens with one attached hydrogen (secondary N) is 1. The van der Waals surface area contributed by atoms with Gasteiger partial charge in [-0.2, -0.15) is 0 Å². The van der Waals surface area contributed by atoms with E-state index in [-0.39, 0.29) is 23.3 Å². The van der Waals surface area contributed by atoms with Crippen LogP contribution in [-0.2, 0) is 0 Å². The lowest BCUT2D eigenvalue weighted by atomic mass is 9.98. The molecule has 1 amide bonds. The molecule has 1 aromatic rings. The molecule has 1 aromatic carbocycles. The number of halogens is 1. The number of aromatic hydroxyl groups is 1. The van der Waals surface area contributed by atoms with Crippen molar-refractivity contribution in [3.8, 4) is 5.75 Å². The van der Waals surface area contributed by atoms with Crippen LogP contribution in [0.3, 0.4) is 0 Å². The van der Waals surface area contributed by atoms with Gasteiger partial charge < -0.3 is 16.2 Å². The highest BCUT2D eigenvalue weighted by Gasteiger charge is 2.26. The first kappa shape index (κ1) is 14.3. The fraction of sp³-hybridized carbons (Fsp3) is 0.500. The highest BCUT2D eigenvalue weighted by atomic mass is 79.9. The van der Waals surface area contributed by atoms with Gasteiger partial charge in [-0.05, 0) is 37.0 Å². The maximum absolute atomic E-state index is 12.2. The molecule has 1 fully saturated rings. The van der Waals surface area contributed by atoms with Crippen molar-refractivity contribution in [2.24, 2.45) is 11.7 Å². The Hall–Kier alpha value is -1.07. The molecule has 5 heteroatoms. The average Bonchev–Trinajstić information content (AvgIpc) is 2.92. The van der Waals surface area contributed by atoms with Crippen molar-refractivity contribution in [1.82, 2.24) is 5.32 Å². The summed E-state index contributed by atoms with van der Waals surface area (Å²) >= 11 is 3.30. The van der Waals surface area contributed by atoms with Crippen molar-refractivity contribution >= 4 is 21.8 Å². The summed E-state index contributed by atoms with van der Waals surface area (Å²) in [6, 6.07) is 4.82. The van der Waals surface area contributed by atoms with Crippen molar-refractivity contribution in [3.63, 3.8) is 0 Å². The summed E-state index contributed by atoms with van der Waals surface area (Å²) in [5.74, 6) is 0.187. The second-order valence-electron chi connectivity index (χ2n) is 5.02. The van der Waals surface area contributed by atoms with Gasteiger partial charge in [0.25, 0.3) is 5.91 Å². The molecule has 0 radical (unpaired) electrons. The Morgan fingerprint density at radius 1 is 1.47 bits per heavy atom. The molecule has 1 saturated carbocycles. The molecular weight excluding hydrogens is 308 g/mol. The van der Waals surface area contributed by atoms with E-state index in [9.17, 15) is 9.90 Å². The van der Waals surface area contributed by atoms with E-state index < -0.39 is 0 Å². The van der Waals surface area contributed by atoms with Crippen LogP contribution in [0.1, 0.15) is 36.0 Å². The lowest BCUT2D eigenvalue weighted by Crippen LogP contribution is -2.44. The third-order valence-electron chi connectivity index (χ3n) is 3.74. The van der Waals surface area contributed by atoms with Crippen LogP contribution in [0, 0.1) is 5.92 Å². The lowest BCUT2D eigenvalue weighted by Gasteiger charge is -2.23. The second-order valence-corrected chi connectivity index (χ2v) is 5.94. The molecule has 1 aliphatic carbocycles. The van der Waals surface area contributed by atoms with Crippen LogP contribution in [0.5, 0.6) is 5.75 Å². The van der Waals surface area contributed by atoms with E-state index in [4.69, 9.17) is 5.73 Å². The van der Waals surface area contributed by atoms with E-state index in [0.29, 0.717) is 12.5 Å². The topological polar surface area (TPSA) is 75.3 Å². The predicted molar refractivity (Wildman–Crippen MR) is 78.1 cm³/mol. The molecule has 1 unspecified atom stereocenters.